The second-order valence-corrected chi connectivity index (χ2v) is 5.51. The zero-order valence-corrected chi connectivity index (χ0v) is 13.9. The minimum Gasteiger partial charge on any atom is -0.493 e. The molecule has 1 aromatic rings. The molecule has 6 nitrogen and oxygen atoms in total. The largest absolute Gasteiger partial charge is 0.493 e. The van der Waals surface area contributed by atoms with Gasteiger partial charge in [0.25, 0.3) is 0 Å². The zero-order valence-electron chi connectivity index (χ0n) is 13.9. The van der Waals surface area contributed by atoms with Crippen LogP contribution >= 0.6 is 0 Å². The molecular weight excluding hydrogens is 312 g/mol. The number of hydrogen-bond donors (Lipinski definition) is 1. The maximum Gasteiger partial charge on any atom is 0.338 e. The lowest BCUT2D eigenvalue weighted by Gasteiger charge is -2.17. The Labute approximate surface area is 141 Å². The summed E-state index contributed by atoms with van der Waals surface area (Å²) in [6.45, 7) is 1.83. The molecule has 0 saturated heterocycles. The lowest BCUT2D eigenvalue weighted by molar-refractivity contribution is -0.137. The summed E-state index contributed by atoms with van der Waals surface area (Å²) in [6.07, 6.45) is 5.16. The van der Waals surface area contributed by atoms with Gasteiger partial charge in [-0.05, 0) is 50.3 Å². The van der Waals surface area contributed by atoms with E-state index in [2.05, 4.69) is 0 Å². The van der Waals surface area contributed by atoms with Crippen LogP contribution in [0.5, 0.6) is 11.5 Å². The van der Waals surface area contributed by atoms with Crippen LogP contribution in [0.15, 0.2) is 24.3 Å². The number of ether oxygens (including phenoxy) is 3. The van der Waals surface area contributed by atoms with E-state index < -0.39 is 11.9 Å². The Balaban J connectivity index is 2.36. The molecule has 2 rings (SSSR count). The third kappa shape index (κ3) is 4.50. The van der Waals surface area contributed by atoms with Crippen molar-refractivity contribution in [2.24, 2.45) is 0 Å². The van der Waals surface area contributed by atoms with Crippen molar-refractivity contribution in [3.8, 4) is 11.5 Å². The number of rotatable bonds is 7. The fourth-order valence-electron chi connectivity index (χ4n) is 2.71. The lowest BCUT2D eigenvalue weighted by atomic mass is 10.0. The van der Waals surface area contributed by atoms with Crippen LogP contribution in [0.3, 0.4) is 0 Å². The number of benzene rings is 1. The molecule has 0 spiro atoms. The van der Waals surface area contributed by atoms with Crippen LogP contribution in [0.2, 0.25) is 0 Å². The molecule has 0 amide bonds. The first-order chi connectivity index (χ1) is 11.5. The molecule has 24 heavy (non-hydrogen) atoms. The van der Waals surface area contributed by atoms with Gasteiger partial charge in [0.1, 0.15) is 0 Å². The minimum atomic E-state index is -1.22. The molecule has 130 valence electrons. The molecule has 0 unspecified atom stereocenters. The van der Waals surface area contributed by atoms with E-state index in [4.69, 9.17) is 19.3 Å². The average Bonchev–Trinajstić information content (AvgIpc) is 3.05. The Morgan fingerprint density at radius 3 is 2.54 bits per heavy atom. The second-order valence-electron chi connectivity index (χ2n) is 5.51. The van der Waals surface area contributed by atoms with Gasteiger partial charge in [-0.1, -0.05) is 6.07 Å². The zero-order chi connectivity index (χ0) is 17.5. The monoisotopic (exact) mass is 334 g/mol. The van der Waals surface area contributed by atoms with Gasteiger partial charge in [-0.2, -0.15) is 0 Å². The Morgan fingerprint density at radius 1 is 1.25 bits per heavy atom. The van der Waals surface area contributed by atoms with Crippen molar-refractivity contribution in [2.75, 3.05) is 13.7 Å². The highest BCUT2D eigenvalue weighted by atomic mass is 16.5. The van der Waals surface area contributed by atoms with Gasteiger partial charge >= 0.3 is 11.9 Å². The van der Waals surface area contributed by atoms with E-state index in [-0.39, 0.29) is 18.3 Å². The minimum absolute atomic E-state index is 0.0247. The Hall–Kier alpha value is -2.50. The van der Waals surface area contributed by atoms with E-state index in [0.29, 0.717) is 17.1 Å². The number of carbonyl (C=O) groups excluding carboxylic acids is 1. The standard InChI is InChI=1S/C18H22O6/c1-3-23-18(21)14(11-17(19)20)12-8-9-15(22-2)16(10-12)24-13-6-4-5-7-13/h8-11,13H,3-7H2,1-2H3,(H,19,20). The molecule has 1 aromatic carbocycles. The molecule has 0 bridgehead atoms. The summed E-state index contributed by atoms with van der Waals surface area (Å²) < 4.78 is 16.2. The molecule has 6 heteroatoms. The Kier molecular flexibility index (Phi) is 6.23. The van der Waals surface area contributed by atoms with Crippen LogP contribution in [-0.4, -0.2) is 36.9 Å². The molecule has 0 aromatic heterocycles. The summed E-state index contributed by atoms with van der Waals surface area (Å²) in [6, 6.07) is 4.91. The molecule has 0 aliphatic heterocycles. The van der Waals surface area contributed by atoms with Gasteiger partial charge < -0.3 is 19.3 Å². The highest BCUT2D eigenvalue weighted by Gasteiger charge is 2.21. The van der Waals surface area contributed by atoms with Crippen molar-refractivity contribution >= 4 is 17.5 Å². The van der Waals surface area contributed by atoms with Crippen molar-refractivity contribution in [1.82, 2.24) is 0 Å². The highest BCUT2D eigenvalue weighted by Crippen LogP contribution is 2.34. The van der Waals surface area contributed by atoms with Crippen LogP contribution in [0, 0.1) is 0 Å². The van der Waals surface area contributed by atoms with Gasteiger partial charge in [0.05, 0.1) is 25.4 Å². The number of esters is 1. The number of methoxy groups -OCH3 is 1. The summed E-state index contributed by atoms with van der Waals surface area (Å²) in [5.41, 5.74) is 0.396. The number of carboxylic acids is 1. The average molecular weight is 334 g/mol. The van der Waals surface area contributed by atoms with Crippen LogP contribution in [0.25, 0.3) is 5.57 Å². The Bertz CT molecular complexity index is 628. The number of aliphatic carboxylic acids is 1. The molecule has 1 saturated carbocycles. The lowest BCUT2D eigenvalue weighted by Crippen LogP contribution is -2.13. The van der Waals surface area contributed by atoms with Crippen LogP contribution < -0.4 is 9.47 Å². The predicted molar refractivity (Wildman–Crippen MR) is 88.1 cm³/mol. The summed E-state index contributed by atoms with van der Waals surface area (Å²) in [4.78, 5) is 23.1. The first kappa shape index (κ1) is 17.8. The van der Waals surface area contributed by atoms with Crippen LogP contribution in [-0.2, 0) is 14.3 Å². The first-order valence-corrected chi connectivity index (χ1v) is 8.02. The van der Waals surface area contributed by atoms with E-state index >= 15 is 0 Å². The van der Waals surface area contributed by atoms with Crippen LogP contribution in [0.4, 0.5) is 0 Å². The van der Waals surface area contributed by atoms with Crippen molar-refractivity contribution in [3.63, 3.8) is 0 Å². The van der Waals surface area contributed by atoms with Crippen molar-refractivity contribution in [2.45, 2.75) is 38.7 Å². The predicted octanol–water partition coefficient (Wildman–Crippen LogP) is 3.05. The van der Waals surface area contributed by atoms with Crippen molar-refractivity contribution in [1.29, 1.82) is 0 Å². The number of carbonyl (C=O) groups is 2. The second kappa shape index (κ2) is 8.38. The van der Waals surface area contributed by atoms with Crippen molar-refractivity contribution < 1.29 is 28.9 Å². The van der Waals surface area contributed by atoms with Gasteiger partial charge in [0.2, 0.25) is 0 Å². The van der Waals surface area contributed by atoms with E-state index in [9.17, 15) is 9.59 Å². The van der Waals surface area contributed by atoms with Crippen molar-refractivity contribution in [3.05, 3.63) is 29.8 Å². The van der Waals surface area contributed by atoms with Gasteiger partial charge in [0, 0.05) is 6.08 Å². The summed E-state index contributed by atoms with van der Waals surface area (Å²) in [7, 11) is 1.54. The van der Waals surface area contributed by atoms with Gasteiger partial charge in [-0.15, -0.1) is 0 Å². The topological polar surface area (TPSA) is 82.1 Å². The van der Waals surface area contributed by atoms with Gasteiger partial charge in [0.15, 0.2) is 11.5 Å². The highest BCUT2D eigenvalue weighted by molar-refractivity contribution is 6.20. The molecule has 1 aliphatic rings. The third-order valence-corrected chi connectivity index (χ3v) is 3.83. The molecule has 0 heterocycles. The van der Waals surface area contributed by atoms with Crippen LogP contribution in [0.1, 0.15) is 38.2 Å². The molecule has 1 aliphatic carbocycles. The summed E-state index contributed by atoms with van der Waals surface area (Å²) >= 11 is 0. The molecule has 0 radical (unpaired) electrons. The normalized spacial score (nSPS) is 15.2. The number of hydrogen-bond acceptors (Lipinski definition) is 5. The maximum atomic E-state index is 12.1. The molecule has 1 fully saturated rings. The SMILES string of the molecule is CCOC(=O)C(=CC(=O)O)c1ccc(OC)c(OC2CCCC2)c1. The summed E-state index contributed by atoms with van der Waals surface area (Å²) in [5, 5.41) is 9.02. The van der Waals surface area contributed by atoms with E-state index in [1.165, 1.54) is 7.11 Å². The molecule has 0 atom stereocenters. The fourth-order valence-corrected chi connectivity index (χ4v) is 2.71. The van der Waals surface area contributed by atoms with E-state index in [1.807, 2.05) is 0 Å². The summed E-state index contributed by atoms with van der Waals surface area (Å²) in [5.74, 6) is -0.851. The molecule has 1 N–H and O–H groups in total. The van der Waals surface area contributed by atoms with Gasteiger partial charge in [-0.25, -0.2) is 9.59 Å². The smallest absolute Gasteiger partial charge is 0.338 e. The number of carboxylic acid groups (broad SMARTS) is 1. The third-order valence-electron chi connectivity index (χ3n) is 3.83. The quantitative estimate of drug-likeness (QED) is 0.609. The fraction of sp³-hybridized carbons (Fsp3) is 0.444. The van der Waals surface area contributed by atoms with E-state index in [1.54, 1.807) is 25.1 Å². The Morgan fingerprint density at radius 2 is 1.96 bits per heavy atom. The van der Waals surface area contributed by atoms with E-state index in [0.717, 1.165) is 31.8 Å². The maximum absolute atomic E-state index is 12.1. The first-order valence-electron chi connectivity index (χ1n) is 8.02. The van der Waals surface area contributed by atoms with Gasteiger partial charge in [-0.3, -0.25) is 0 Å². The molecular formula is C18H22O6.